The van der Waals surface area contributed by atoms with Crippen LogP contribution < -0.4 is 11.1 Å². The molecule has 116 valence electrons. The smallest absolute Gasteiger partial charge is 0.255 e. The van der Waals surface area contributed by atoms with Crippen molar-refractivity contribution in [1.29, 1.82) is 0 Å². The Labute approximate surface area is 126 Å². The molecule has 1 aliphatic carbocycles. The lowest BCUT2D eigenvalue weighted by Crippen LogP contribution is -2.47. The van der Waals surface area contributed by atoms with Gasteiger partial charge in [0.25, 0.3) is 5.91 Å². The SMILES string of the molecule is CC1(C)CC(N)CC(C)(CNC(=O)c2ccccc2O)C1. The van der Waals surface area contributed by atoms with Gasteiger partial charge in [-0.1, -0.05) is 32.9 Å². The molecule has 4 nitrogen and oxygen atoms in total. The van der Waals surface area contributed by atoms with Crippen LogP contribution in [0.2, 0.25) is 0 Å². The lowest BCUT2D eigenvalue weighted by molar-refractivity contribution is 0.0728. The molecule has 0 heterocycles. The van der Waals surface area contributed by atoms with E-state index in [0.717, 1.165) is 19.3 Å². The average Bonchev–Trinajstić information content (AvgIpc) is 2.33. The maximum atomic E-state index is 12.2. The van der Waals surface area contributed by atoms with Crippen LogP contribution in [0.3, 0.4) is 0 Å². The molecule has 0 aromatic heterocycles. The van der Waals surface area contributed by atoms with Gasteiger partial charge in [0, 0.05) is 12.6 Å². The van der Waals surface area contributed by atoms with Crippen LogP contribution in [0.5, 0.6) is 5.75 Å². The van der Waals surface area contributed by atoms with Gasteiger partial charge in [-0.3, -0.25) is 4.79 Å². The third-order valence-electron chi connectivity index (χ3n) is 4.30. The third kappa shape index (κ3) is 3.97. The molecule has 1 amide bonds. The van der Waals surface area contributed by atoms with Crippen molar-refractivity contribution in [2.75, 3.05) is 6.54 Å². The number of carbonyl (C=O) groups is 1. The standard InChI is InChI=1S/C17H26N2O2/c1-16(2)8-12(18)9-17(3,10-16)11-19-15(21)13-6-4-5-7-14(13)20/h4-7,12,20H,8-11,18H2,1-3H3,(H,19,21). The Kier molecular flexibility index (Phi) is 4.28. The van der Waals surface area contributed by atoms with Gasteiger partial charge in [-0.15, -0.1) is 0 Å². The summed E-state index contributed by atoms with van der Waals surface area (Å²) in [7, 11) is 0. The first-order valence-electron chi connectivity index (χ1n) is 7.53. The molecule has 0 radical (unpaired) electrons. The fourth-order valence-electron chi connectivity index (χ4n) is 3.90. The number of nitrogens with two attached hydrogens (primary N) is 1. The highest BCUT2D eigenvalue weighted by molar-refractivity contribution is 5.96. The summed E-state index contributed by atoms with van der Waals surface area (Å²) in [6, 6.07) is 6.78. The number of rotatable bonds is 3. The van der Waals surface area contributed by atoms with Crippen molar-refractivity contribution in [2.45, 2.75) is 46.1 Å². The Bertz CT molecular complexity index is 527. The first-order chi connectivity index (χ1) is 9.71. The summed E-state index contributed by atoms with van der Waals surface area (Å²) < 4.78 is 0. The van der Waals surface area contributed by atoms with E-state index in [9.17, 15) is 9.90 Å². The number of benzene rings is 1. The number of nitrogens with one attached hydrogen (secondary N) is 1. The van der Waals surface area contributed by atoms with Gasteiger partial charge >= 0.3 is 0 Å². The van der Waals surface area contributed by atoms with Gasteiger partial charge in [-0.2, -0.15) is 0 Å². The molecule has 2 rings (SSSR count). The van der Waals surface area contributed by atoms with Gasteiger partial charge < -0.3 is 16.2 Å². The third-order valence-corrected chi connectivity index (χ3v) is 4.30. The lowest BCUT2D eigenvalue weighted by atomic mass is 9.63. The molecule has 4 N–H and O–H groups in total. The van der Waals surface area contributed by atoms with E-state index in [4.69, 9.17) is 5.73 Å². The predicted octanol–water partition coefficient (Wildman–Crippen LogP) is 2.67. The summed E-state index contributed by atoms with van der Waals surface area (Å²) in [5.74, 6) is -0.216. The molecule has 0 bridgehead atoms. The molecule has 4 heteroatoms. The summed E-state index contributed by atoms with van der Waals surface area (Å²) in [4.78, 5) is 12.2. The van der Waals surface area contributed by atoms with Crippen LogP contribution >= 0.6 is 0 Å². The van der Waals surface area contributed by atoms with Crippen molar-refractivity contribution < 1.29 is 9.90 Å². The van der Waals surface area contributed by atoms with Gasteiger partial charge in [0.15, 0.2) is 0 Å². The number of hydrogen-bond donors (Lipinski definition) is 3. The monoisotopic (exact) mass is 290 g/mol. The van der Waals surface area contributed by atoms with E-state index in [-0.39, 0.29) is 28.5 Å². The topological polar surface area (TPSA) is 75.3 Å². The number of phenols is 1. The zero-order chi connectivity index (χ0) is 15.7. The zero-order valence-corrected chi connectivity index (χ0v) is 13.1. The van der Waals surface area contributed by atoms with Crippen molar-refractivity contribution in [1.82, 2.24) is 5.32 Å². The molecular weight excluding hydrogens is 264 g/mol. The second-order valence-corrected chi connectivity index (χ2v) is 7.52. The van der Waals surface area contributed by atoms with Crippen molar-refractivity contribution in [3.8, 4) is 5.75 Å². The van der Waals surface area contributed by atoms with Gasteiger partial charge in [0.05, 0.1) is 5.56 Å². The number of aromatic hydroxyl groups is 1. The average molecular weight is 290 g/mol. The van der Waals surface area contributed by atoms with Crippen molar-refractivity contribution in [2.24, 2.45) is 16.6 Å². The van der Waals surface area contributed by atoms with Crippen LogP contribution in [0.15, 0.2) is 24.3 Å². The first kappa shape index (κ1) is 15.8. The Morgan fingerprint density at radius 1 is 1.33 bits per heavy atom. The van der Waals surface area contributed by atoms with E-state index in [2.05, 4.69) is 26.1 Å². The quantitative estimate of drug-likeness (QED) is 0.801. The van der Waals surface area contributed by atoms with Crippen LogP contribution in [-0.4, -0.2) is 23.6 Å². The fourth-order valence-corrected chi connectivity index (χ4v) is 3.90. The molecule has 1 aromatic rings. The Morgan fingerprint density at radius 2 is 2.00 bits per heavy atom. The van der Waals surface area contributed by atoms with Crippen LogP contribution in [0, 0.1) is 10.8 Å². The molecule has 1 aromatic carbocycles. The second-order valence-electron chi connectivity index (χ2n) is 7.52. The van der Waals surface area contributed by atoms with Crippen LogP contribution in [-0.2, 0) is 0 Å². The number of phenolic OH excluding ortho intramolecular Hbond substituents is 1. The predicted molar refractivity (Wildman–Crippen MR) is 84.2 cm³/mol. The molecular formula is C17H26N2O2. The minimum Gasteiger partial charge on any atom is -0.507 e. The molecule has 1 aliphatic rings. The Balaban J connectivity index is 2.02. The van der Waals surface area contributed by atoms with Gasteiger partial charge in [-0.25, -0.2) is 0 Å². The molecule has 0 aliphatic heterocycles. The molecule has 0 saturated heterocycles. The van der Waals surface area contributed by atoms with E-state index in [1.165, 1.54) is 6.07 Å². The number of hydrogen-bond acceptors (Lipinski definition) is 3. The van der Waals surface area contributed by atoms with Crippen LogP contribution in [0.25, 0.3) is 0 Å². The minimum absolute atomic E-state index is 0.00122. The summed E-state index contributed by atoms with van der Waals surface area (Å²) >= 11 is 0. The highest BCUT2D eigenvalue weighted by Crippen LogP contribution is 2.45. The maximum absolute atomic E-state index is 12.2. The molecule has 2 unspecified atom stereocenters. The van der Waals surface area contributed by atoms with E-state index in [0.29, 0.717) is 12.1 Å². The summed E-state index contributed by atoms with van der Waals surface area (Å²) in [5.41, 5.74) is 6.70. The summed E-state index contributed by atoms with van der Waals surface area (Å²) in [6.45, 7) is 7.22. The highest BCUT2D eigenvalue weighted by Gasteiger charge is 2.40. The van der Waals surface area contributed by atoms with Crippen molar-refractivity contribution in [3.63, 3.8) is 0 Å². The Hall–Kier alpha value is -1.55. The fraction of sp³-hybridized carbons (Fsp3) is 0.588. The molecule has 21 heavy (non-hydrogen) atoms. The van der Waals surface area contributed by atoms with Crippen LogP contribution in [0.4, 0.5) is 0 Å². The highest BCUT2D eigenvalue weighted by atomic mass is 16.3. The lowest BCUT2D eigenvalue weighted by Gasteiger charge is -2.45. The molecule has 1 saturated carbocycles. The molecule has 2 atom stereocenters. The van der Waals surface area contributed by atoms with E-state index in [1.54, 1.807) is 18.2 Å². The first-order valence-corrected chi connectivity index (χ1v) is 7.53. The van der Waals surface area contributed by atoms with E-state index in [1.807, 2.05) is 0 Å². The maximum Gasteiger partial charge on any atom is 0.255 e. The molecule has 0 spiro atoms. The van der Waals surface area contributed by atoms with Gasteiger partial charge in [-0.05, 0) is 42.2 Å². The minimum atomic E-state index is -0.230. The van der Waals surface area contributed by atoms with Crippen molar-refractivity contribution >= 4 is 5.91 Å². The largest absolute Gasteiger partial charge is 0.507 e. The Morgan fingerprint density at radius 3 is 2.62 bits per heavy atom. The number of para-hydroxylation sites is 1. The molecule has 1 fully saturated rings. The summed E-state index contributed by atoms with van der Waals surface area (Å²) in [6.07, 6.45) is 2.97. The van der Waals surface area contributed by atoms with Crippen LogP contribution in [0.1, 0.15) is 50.4 Å². The number of amides is 1. The summed E-state index contributed by atoms with van der Waals surface area (Å²) in [5, 5.41) is 12.7. The second kappa shape index (κ2) is 5.68. The van der Waals surface area contributed by atoms with E-state index >= 15 is 0 Å². The van der Waals surface area contributed by atoms with E-state index < -0.39 is 0 Å². The zero-order valence-electron chi connectivity index (χ0n) is 13.1. The van der Waals surface area contributed by atoms with Crippen molar-refractivity contribution in [3.05, 3.63) is 29.8 Å². The van der Waals surface area contributed by atoms with Gasteiger partial charge in [0.1, 0.15) is 5.75 Å². The van der Waals surface area contributed by atoms with Gasteiger partial charge in [0.2, 0.25) is 0 Å². The normalized spacial score (nSPS) is 28.1. The number of carbonyl (C=O) groups excluding carboxylic acids is 1.